The van der Waals surface area contributed by atoms with Crippen LogP contribution in [0.3, 0.4) is 0 Å². The van der Waals surface area contributed by atoms with Gasteiger partial charge in [-0.3, -0.25) is 9.59 Å². The number of carbonyl (C=O) groups excluding carboxylic acids is 2. The van der Waals surface area contributed by atoms with Crippen LogP contribution < -0.4 is 4.74 Å². The Kier molecular flexibility index (Phi) is 4.69. The summed E-state index contributed by atoms with van der Waals surface area (Å²) in [5.41, 5.74) is 1.95. The molecule has 1 aromatic carbocycles. The zero-order valence-electron chi connectivity index (χ0n) is 10.3. The van der Waals surface area contributed by atoms with Crippen LogP contribution in [0.2, 0.25) is 0 Å². The summed E-state index contributed by atoms with van der Waals surface area (Å²) in [4.78, 5) is 21.9. The first kappa shape index (κ1) is 13.2. The Labute approximate surface area is 101 Å². The number of hydrogen-bond acceptors (Lipinski definition) is 4. The summed E-state index contributed by atoms with van der Waals surface area (Å²) >= 11 is 0. The maximum Gasteiger partial charge on any atom is 0.303 e. The number of carbonyl (C=O) groups is 2. The van der Waals surface area contributed by atoms with E-state index in [1.165, 1.54) is 6.92 Å². The summed E-state index contributed by atoms with van der Waals surface area (Å²) in [6.45, 7) is 4.77. The fraction of sp³-hybridized carbons (Fsp3) is 0.385. The van der Waals surface area contributed by atoms with Crippen molar-refractivity contribution in [2.24, 2.45) is 0 Å². The monoisotopic (exact) mass is 236 g/mol. The molecule has 1 rings (SSSR count). The topological polar surface area (TPSA) is 52.6 Å². The zero-order chi connectivity index (χ0) is 12.8. The van der Waals surface area contributed by atoms with Crippen molar-refractivity contribution in [2.45, 2.75) is 20.8 Å². The van der Waals surface area contributed by atoms with Gasteiger partial charge in [-0.05, 0) is 25.0 Å². The molecule has 0 spiro atoms. The van der Waals surface area contributed by atoms with Gasteiger partial charge in [0.15, 0.2) is 13.2 Å². The highest BCUT2D eigenvalue weighted by atomic mass is 16.5. The number of esters is 1. The summed E-state index contributed by atoms with van der Waals surface area (Å²) in [7, 11) is 0. The maximum absolute atomic E-state index is 11.3. The average Bonchev–Trinajstić information content (AvgIpc) is 2.25. The first-order valence-corrected chi connectivity index (χ1v) is 5.34. The lowest BCUT2D eigenvalue weighted by atomic mass is 10.1. The predicted molar refractivity (Wildman–Crippen MR) is 63.1 cm³/mol. The second-order valence-electron chi connectivity index (χ2n) is 3.83. The van der Waals surface area contributed by atoms with E-state index in [2.05, 4.69) is 4.74 Å². The second kappa shape index (κ2) is 6.03. The molecule has 17 heavy (non-hydrogen) atoms. The van der Waals surface area contributed by atoms with E-state index < -0.39 is 5.97 Å². The van der Waals surface area contributed by atoms with Gasteiger partial charge in [0.1, 0.15) is 5.75 Å². The molecule has 0 N–H and O–H groups in total. The van der Waals surface area contributed by atoms with Crippen LogP contribution in [0.5, 0.6) is 5.75 Å². The SMILES string of the molecule is CC(=O)OCC(=O)COc1c(C)cccc1C. The number of aryl methyl sites for hydroxylation is 2. The number of hydrogen-bond donors (Lipinski definition) is 0. The zero-order valence-corrected chi connectivity index (χ0v) is 10.3. The molecule has 92 valence electrons. The van der Waals surface area contributed by atoms with E-state index >= 15 is 0 Å². The van der Waals surface area contributed by atoms with Crippen LogP contribution >= 0.6 is 0 Å². The van der Waals surface area contributed by atoms with Crippen molar-refractivity contribution < 1.29 is 19.1 Å². The van der Waals surface area contributed by atoms with Crippen LogP contribution in [-0.4, -0.2) is 25.0 Å². The smallest absolute Gasteiger partial charge is 0.303 e. The fourth-order valence-corrected chi connectivity index (χ4v) is 1.40. The van der Waals surface area contributed by atoms with E-state index in [1.807, 2.05) is 32.0 Å². The van der Waals surface area contributed by atoms with E-state index in [0.717, 1.165) is 11.1 Å². The molecule has 0 amide bonds. The molecule has 0 aliphatic carbocycles. The van der Waals surface area contributed by atoms with Crippen LogP contribution in [0.4, 0.5) is 0 Å². The molecule has 0 bridgehead atoms. The number of ether oxygens (including phenoxy) is 2. The van der Waals surface area contributed by atoms with Gasteiger partial charge in [0.05, 0.1) is 0 Å². The normalized spacial score (nSPS) is 9.82. The van der Waals surface area contributed by atoms with Gasteiger partial charge in [0.2, 0.25) is 5.78 Å². The molecule has 4 nitrogen and oxygen atoms in total. The molecule has 0 saturated heterocycles. The summed E-state index contributed by atoms with van der Waals surface area (Å²) in [6.07, 6.45) is 0. The maximum atomic E-state index is 11.3. The molecule has 0 fully saturated rings. The van der Waals surface area contributed by atoms with Crippen molar-refractivity contribution in [1.29, 1.82) is 0 Å². The van der Waals surface area contributed by atoms with Gasteiger partial charge in [-0.2, -0.15) is 0 Å². The van der Waals surface area contributed by atoms with Crippen LogP contribution in [-0.2, 0) is 14.3 Å². The lowest BCUT2D eigenvalue weighted by Crippen LogP contribution is -2.19. The molecular formula is C13H16O4. The molecular weight excluding hydrogens is 220 g/mol. The third-order valence-corrected chi connectivity index (χ3v) is 2.22. The predicted octanol–water partition coefficient (Wildman–Crippen LogP) is 1.81. The number of ketones is 1. The molecule has 0 radical (unpaired) electrons. The van der Waals surface area contributed by atoms with E-state index in [0.29, 0.717) is 5.75 Å². The van der Waals surface area contributed by atoms with Crippen molar-refractivity contribution in [2.75, 3.05) is 13.2 Å². The highest BCUT2D eigenvalue weighted by Gasteiger charge is 2.08. The van der Waals surface area contributed by atoms with Crippen molar-refractivity contribution in [3.8, 4) is 5.75 Å². The van der Waals surface area contributed by atoms with Crippen LogP contribution in [0.15, 0.2) is 18.2 Å². The first-order chi connectivity index (χ1) is 8.00. The number of rotatable bonds is 5. The second-order valence-corrected chi connectivity index (χ2v) is 3.83. The summed E-state index contributed by atoms with van der Waals surface area (Å²) in [6, 6.07) is 5.76. The van der Waals surface area contributed by atoms with Crippen LogP contribution in [0.25, 0.3) is 0 Å². The standard InChI is InChI=1S/C13H16O4/c1-9-5-4-6-10(2)13(9)17-8-12(15)7-16-11(3)14/h4-6H,7-8H2,1-3H3. The van der Waals surface area contributed by atoms with Gasteiger partial charge in [0, 0.05) is 6.92 Å². The molecule has 0 aliphatic heterocycles. The van der Waals surface area contributed by atoms with Crippen molar-refractivity contribution in [3.05, 3.63) is 29.3 Å². The highest BCUT2D eigenvalue weighted by molar-refractivity contribution is 5.83. The van der Waals surface area contributed by atoms with Gasteiger partial charge in [0.25, 0.3) is 0 Å². The van der Waals surface area contributed by atoms with Crippen LogP contribution in [0, 0.1) is 13.8 Å². The van der Waals surface area contributed by atoms with Gasteiger partial charge in [-0.25, -0.2) is 0 Å². The third-order valence-electron chi connectivity index (χ3n) is 2.22. The molecule has 0 heterocycles. The Bertz CT molecular complexity index is 403. The molecule has 0 aromatic heterocycles. The largest absolute Gasteiger partial charge is 0.485 e. The van der Waals surface area contributed by atoms with E-state index in [-0.39, 0.29) is 19.0 Å². The molecule has 0 unspecified atom stereocenters. The Balaban J connectivity index is 2.50. The van der Waals surface area contributed by atoms with Crippen LogP contribution in [0.1, 0.15) is 18.1 Å². The molecule has 1 aromatic rings. The number of para-hydroxylation sites is 1. The lowest BCUT2D eigenvalue weighted by Gasteiger charge is -2.11. The first-order valence-electron chi connectivity index (χ1n) is 5.34. The minimum absolute atomic E-state index is 0.0844. The van der Waals surface area contributed by atoms with Gasteiger partial charge in [-0.1, -0.05) is 18.2 Å². The Morgan fingerprint density at radius 2 is 1.71 bits per heavy atom. The van der Waals surface area contributed by atoms with Crippen molar-refractivity contribution in [1.82, 2.24) is 0 Å². The van der Waals surface area contributed by atoms with E-state index in [4.69, 9.17) is 4.74 Å². The van der Waals surface area contributed by atoms with Gasteiger partial charge < -0.3 is 9.47 Å². The lowest BCUT2D eigenvalue weighted by molar-refractivity contribution is -0.146. The summed E-state index contributed by atoms with van der Waals surface area (Å²) in [5.74, 6) is -0.0167. The van der Waals surface area contributed by atoms with Crippen molar-refractivity contribution >= 4 is 11.8 Å². The van der Waals surface area contributed by atoms with Gasteiger partial charge >= 0.3 is 5.97 Å². The fourth-order valence-electron chi connectivity index (χ4n) is 1.40. The summed E-state index contributed by atoms with van der Waals surface area (Å²) < 4.78 is 10.0. The van der Waals surface area contributed by atoms with E-state index in [1.54, 1.807) is 0 Å². The number of benzene rings is 1. The molecule has 0 atom stereocenters. The Morgan fingerprint density at radius 1 is 1.12 bits per heavy atom. The minimum Gasteiger partial charge on any atom is -0.485 e. The van der Waals surface area contributed by atoms with E-state index in [9.17, 15) is 9.59 Å². The molecule has 0 aliphatic rings. The van der Waals surface area contributed by atoms with Crippen molar-refractivity contribution in [3.63, 3.8) is 0 Å². The summed E-state index contributed by atoms with van der Waals surface area (Å²) in [5, 5.41) is 0. The highest BCUT2D eigenvalue weighted by Crippen LogP contribution is 2.21. The molecule has 0 saturated carbocycles. The average molecular weight is 236 g/mol. The Hall–Kier alpha value is -1.84. The minimum atomic E-state index is -0.467. The molecule has 4 heteroatoms. The number of Topliss-reactive ketones (excluding diaryl/α,β-unsaturated/α-hetero) is 1. The third kappa shape index (κ3) is 4.26. The quantitative estimate of drug-likeness (QED) is 0.732. The Morgan fingerprint density at radius 3 is 2.24 bits per heavy atom. The van der Waals surface area contributed by atoms with Gasteiger partial charge in [-0.15, -0.1) is 0 Å².